The fourth-order valence-corrected chi connectivity index (χ4v) is 0.752. The summed E-state index contributed by atoms with van der Waals surface area (Å²) in [5.41, 5.74) is 0. The first-order valence-electron chi connectivity index (χ1n) is 2.99. The number of ketones is 1. The van der Waals surface area contributed by atoms with Gasteiger partial charge in [-0.05, 0) is 12.6 Å². The summed E-state index contributed by atoms with van der Waals surface area (Å²) in [6, 6.07) is 0. The summed E-state index contributed by atoms with van der Waals surface area (Å²) in [5, 5.41) is 0.0433. The Kier molecular flexibility index (Phi) is 5.40. The van der Waals surface area contributed by atoms with E-state index < -0.39 is 0 Å². The molecular weight excluding hydrogens is 147 g/mol. The average molecular weight is 156 g/mol. The van der Waals surface area contributed by atoms with Crippen LogP contribution in [0.15, 0.2) is 0 Å². The van der Waals surface area contributed by atoms with Gasteiger partial charge in [0.05, 0.1) is 7.85 Å². The maximum absolute atomic E-state index is 10.6. The Morgan fingerprint density at radius 2 is 2.00 bits per heavy atom. The first-order chi connectivity index (χ1) is 4.70. The van der Waals surface area contributed by atoms with Gasteiger partial charge in [-0.1, -0.05) is 11.8 Å². The first-order valence-corrected chi connectivity index (χ1v) is 4.21. The van der Waals surface area contributed by atoms with Gasteiger partial charge in [0.1, 0.15) is 5.78 Å². The van der Waals surface area contributed by atoms with Crippen molar-refractivity contribution in [3.63, 3.8) is 0 Å². The standard InChI is InChI=1S/C6H9BO2S/c1-10-6(9)3-2-5(8)4-7/h2-4H2,1H3. The first kappa shape index (κ1) is 9.75. The summed E-state index contributed by atoms with van der Waals surface area (Å²) in [4.78, 5) is 21.1. The molecule has 54 valence electrons. The summed E-state index contributed by atoms with van der Waals surface area (Å²) in [6.07, 6.45) is 2.35. The summed E-state index contributed by atoms with van der Waals surface area (Å²) in [7, 11) is 5.03. The maximum atomic E-state index is 10.6. The molecule has 0 aliphatic heterocycles. The molecule has 0 bridgehead atoms. The minimum atomic E-state index is -0.0533. The van der Waals surface area contributed by atoms with Crippen LogP contribution in [0.1, 0.15) is 12.8 Å². The molecule has 0 aromatic carbocycles. The fourth-order valence-electron chi connectivity index (χ4n) is 0.446. The van der Waals surface area contributed by atoms with Crippen molar-refractivity contribution < 1.29 is 9.59 Å². The molecular formula is C6H9BO2S. The van der Waals surface area contributed by atoms with Crippen LogP contribution < -0.4 is 0 Å². The summed E-state index contributed by atoms with van der Waals surface area (Å²) in [5.74, 6) is -0.0533. The Morgan fingerprint density at radius 1 is 1.40 bits per heavy atom. The molecule has 0 aromatic heterocycles. The molecule has 0 aliphatic carbocycles. The van der Waals surface area contributed by atoms with Crippen molar-refractivity contribution in [3.8, 4) is 0 Å². The molecule has 0 saturated heterocycles. The highest BCUT2D eigenvalue weighted by atomic mass is 32.2. The van der Waals surface area contributed by atoms with Crippen molar-refractivity contribution in [1.82, 2.24) is 0 Å². The highest BCUT2D eigenvalue weighted by molar-refractivity contribution is 8.13. The van der Waals surface area contributed by atoms with E-state index >= 15 is 0 Å². The Hall–Kier alpha value is -0.245. The van der Waals surface area contributed by atoms with Gasteiger partial charge in [-0.3, -0.25) is 4.79 Å². The van der Waals surface area contributed by atoms with Crippen LogP contribution in [-0.2, 0) is 9.59 Å². The smallest absolute Gasteiger partial charge is 0.189 e. The molecule has 0 amide bonds. The molecule has 0 aliphatic rings. The number of hydrogen-bond donors (Lipinski definition) is 0. The Balaban J connectivity index is 3.35. The lowest BCUT2D eigenvalue weighted by atomic mass is 9.98. The number of thioether (sulfide) groups is 1. The lowest BCUT2D eigenvalue weighted by Crippen LogP contribution is -1.99. The average Bonchev–Trinajstić information content (AvgIpc) is 1.99. The number of Topliss-reactive ketones (excluding diaryl/α,β-unsaturated/α-hetero) is 1. The molecule has 2 radical (unpaired) electrons. The third-order valence-electron chi connectivity index (χ3n) is 1.06. The van der Waals surface area contributed by atoms with Crippen LogP contribution in [0.25, 0.3) is 0 Å². The second-order valence-corrected chi connectivity index (χ2v) is 2.68. The van der Waals surface area contributed by atoms with E-state index in [0.717, 1.165) is 11.8 Å². The predicted molar refractivity (Wildman–Crippen MR) is 43.3 cm³/mol. The van der Waals surface area contributed by atoms with Crippen molar-refractivity contribution in [2.45, 2.75) is 19.2 Å². The highest BCUT2D eigenvalue weighted by Gasteiger charge is 2.02. The number of rotatable bonds is 4. The molecule has 0 rings (SSSR count). The molecule has 0 fully saturated rings. The molecule has 10 heavy (non-hydrogen) atoms. The van der Waals surface area contributed by atoms with Gasteiger partial charge < -0.3 is 4.79 Å². The zero-order valence-corrected chi connectivity index (χ0v) is 6.74. The van der Waals surface area contributed by atoms with Crippen LogP contribution in [0.4, 0.5) is 0 Å². The van der Waals surface area contributed by atoms with E-state index in [1.807, 2.05) is 0 Å². The normalized spacial score (nSPS) is 9.30. The third kappa shape index (κ3) is 4.62. The zero-order valence-electron chi connectivity index (χ0n) is 5.92. The van der Waals surface area contributed by atoms with Crippen LogP contribution in [0.2, 0.25) is 6.32 Å². The fraction of sp³-hybridized carbons (Fsp3) is 0.667. The second-order valence-electron chi connectivity index (χ2n) is 1.82. The highest BCUT2D eigenvalue weighted by Crippen LogP contribution is 2.03. The van der Waals surface area contributed by atoms with Gasteiger partial charge in [0.2, 0.25) is 0 Å². The predicted octanol–water partition coefficient (Wildman–Crippen LogP) is 0.812. The van der Waals surface area contributed by atoms with Crippen molar-refractivity contribution in [1.29, 1.82) is 0 Å². The van der Waals surface area contributed by atoms with Crippen molar-refractivity contribution in [2.24, 2.45) is 0 Å². The number of carbonyl (C=O) groups excluding carboxylic acids is 2. The summed E-state index contributed by atoms with van der Waals surface area (Å²) >= 11 is 1.15. The minimum Gasteiger partial charge on any atom is -0.301 e. The van der Waals surface area contributed by atoms with Crippen LogP contribution in [0.3, 0.4) is 0 Å². The van der Waals surface area contributed by atoms with E-state index in [9.17, 15) is 9.59 Å². The second kappa shape index (κ2) is 5.53. The largest absolute Gasteiger partial charge is 0.301 e. The quantitative estimate of drug-likeness (QED) is 0.565. The van der Waals surface area contributed by atoms with E-state index in [-0.39, 0.29) is 23.6 Å². The SMILES string of the molecule is [B]CC(=O)CCC(=O)SC. The van der Waals surface area contributed by atoms with Gasteiger partial charge in [-0.25, -0.2) is 0 Å². The lowest BCUT2D eigenvalue weighted by molar-refractivity contribution is -0.119. The van der Waals surface area contributed by atoms with Crippen LogP contribution in [0, 0.1) is 0 Å². The molecule has 0 heterocycles. The molecule has 0 aromatic rings. The van der Waals surface area contributed by atoms with Gasteiger partial charge >= 0.3 is 0 Å². The topological polar surface area (TPSA) is 34.1 Å². The van der Waals surface area contributed by atoms with Crippen molar-refractivity contribution in [2.75, 3.05) is 6.26 Å². The van der Waals surface area contributed by atoms with E-state index in [1.165, 1.54) is 0 Å². The van der Waals surface area contributed by atoms with Crippen LogP contribution in [-0.4, -0.2) is 25.0 Å². The number of carbonyl (C=O) groups is 2. The Morgan fingerprint density at radius 3 is 2.40 bits per heavy atom. The zero-order chi connectivity index (χ0) is 7.98. The molecule has 0 unspecified atom stereocenters. The van der Waals surface area contributed by atoms with Crippen molar-refractivity contribution >= 4 is 30.5 Å². The summed E-state index contributed by atoms with van der Waals surface area (Å²) in [6.45, 7) is 0. The molecule has 0 saturated carbocycles. The molecule has 0 spiro atoms. The molecule has 0 N–H and O–H groups in total. The van der Waals surface area contributed by atoms with Gasteiger partial charge in [0.15, 0.2) is 5.12 Å². The van der Waals surface area contributed by atoms with Crippen molar-refractivity contribution in [3.05, 3.63) is 0 Å². The van der Waals surface area contributed by atoms with E-state index in [4.69, 9.17) is 7.85 Å². The Labute approximate surface area is 66.2 Å². The van der Waals surface area contributed by atoms with Gasteiger partial charge in [0, 0.05) is 12.8 Å². The van der Waals surface area contributed by atoms with E-state index in [0.29, 0.717) is 6.42 Å². The monoisotopic (exact) mass is 156 g/mol. The minimum absolute atomic E-state index is 0.0433. The third-order valence-corrected chi connectivity index (χ3v) is 1.72. The summed E-state index contributed by atoms with van der Waals surface area (Å²) < 4.78 is 0. The van der Waals surface area contributed by atoms with Gasteiger partial charge in [-0.15, -0.1) is 0 Å². The van der Waals surface area contributed by atoms with Gasteiger partial charge in [0.25, 0.3) is 0 Å². The van der Waals surface area contributed by atoms with E-state index in [2.05, 4.69) is 0 Å². The lowest BCUT2D eigenvalue weighted by Gasteiger charge is -1.93. The molecule has 0 atom stereocenters. The van der Waals surface area contributed by atoms with E-state index in [1.54, 1.807) is 6.26 Å². The molecule has 4 heteroatoms. The van der Waals surface area contributed by atoms with Crippen LogP contribution in [0.5, 0.6) is 0 Å². The maximum Gasteiger partial charge on any atom is 0.189 e. The number of hydrogen-bond acceptors (Lipinski definition) is 3. The van der Waals surface area contributed by atoms with Crippen LogP contribution >= 0.6 is 11.8 Å². The van der Waals surface area contributed by atoms with Gasteiger partial charge in [-0.2, -0.15) is 0 Å². The molecule has 2 nitrogen and oxygen atoms in total. The Bertz CT molecular complexity index is 120.